The van der Waals surface area contributed by atoms with Gasteiger partial charge >= 0.3 is 5.97 Å². The van der Waals surface area contributed by atoms with Gasteiger partial charge in [0, 0.05) is 0 Å². The molecule has 0 aromatic carbocycles. The second kappa shape index (κ2) is 4.74. The van der Waals surface area contributed by atoms with Crippen LogP contribution in [0.3, 0.4) is 0 Å². The second-order valence-corrected chi connectivity index (χ2v) is 1.10. The zero-order valence-corrected chi connectivity index (χ0v) is 4.49. The maximum Gasteiger partial charge on any atom is 0.318 e. The average molecular weight is 128 g/mol. The molecule has 0 unspecified atom stereocenters. The number of rotatable bonds is 3. The molecular formula is C5H4O4. The summed E-state index contributed by atoms with van der Waals surface area (Å²) >= 11 is 0. The summed E-state index contributed by atoms with van der Waals surface area (Å²) in [5.41, 5.74) is 0. The monoisotopic (exact) mass is 128 g/mol. The van der Waals surface area contributed by atoms with E-state index < -0.39 is 5.97 Å². The highest BCUT2D eigenvalue weighted by atomic mass is 16.5. The molecule has 0 aliphatic carbocycles. The van der Waals surface area contributed by atoms with Crippen molar-refractivity contribution in [2.45, 2.75) is 6.42 Å². The number of hydrogen-bond donors (Lipinski definition) is 0. The SMILES string of the molecule is O=C=COC(=O)CC=O. The van der Waals surface area contributed by atoms with E-state index in [2.05, 4.69) is 4.74 Å². The first kappa shape index (κ1) is 7.59. The summed E-state index contributed by atoms with van der Waals surface area (Å²) in [6.07, 6.45) is 0.616. The third-order valence-corrected chi connectivity index (χ3v) is 0.488. The van der Waals surface area contributed by atoms with Crippen molar-refractivity contribution in [2.75, 3.05) is 0 Å². The van der Waals surface area contributed by atoms with E-state index in [1.165, 1.54) is 5.94 Å². The molecule has 0 bridgehead atoms. The van der Waals surface area contributed by atoms with E-state index in [9.17, 15) is 14.4 Å². The lowest BCUT2D eigenvalue weighted by Crippen LogP contribution is -1.98. The van der Waals surface area contributed by atoms with Crippen molar-refractivity contribution in [2.24, 2.45) is 0 Å². The van der Waals surface area contributed by atoms with Crippen LogP contribution < -0.4 is 0 Å². The fourth-order valence-corrected chi connectivity index (χ4v) is 0.206. The normalized spacial score (nSPS) is 7.11. The van der Waals surface area contributed by atoms with Crippen LogP contribution in [0.15, 0.2) is 6.26 Å². The van der Waals surface area contributed by atoms with Crippen molar-refractivity contribution < 1.29 is 19.1 Å². The molecule has 0 saturated heterocycles. The molecule has 0 atom stereocenters. The quantitative estimate of drug-likeness (QED) is 0.168. The Hall–Kier alpha value is -1.41. The lowest BCUT2D eigenvalue weighted by molar-refractivity contribution is -0.139. The molecule has 0 rings (SSSR count). The average Bonchev–Trinajstić information content (AvgIpc) is 1.85. The highest BCUT2D eigenvalue weighted by Crippen LogP contribution is 1.79. The topological polar surface area (TPSA) is 60.4 Å². The van der Waals surface area contributed by atoms with Gasteiger partial charge in [0.2, 0.25) is 0 Å². The molecule has 4 nitrogen and oxygen atoms in total. The van der Waals surface area contributed by atoms with Gasteiger partial charge in [-0.1, -0.05) is 0 Å². The highest BCUT2D eigenvalue weighted by Gasteiger charge is 1.96. The molecular weight excluding hydrogens is 124 g/mol. The van der Waals surface area contributed by atoms with Crippen molar-refractivity contribution in [3.05, 3.63) is 6.26 Å². The molecule has 4 heteroatoms. The summed E-state index contributed by atoms with van der Waals surface area (Å²) in [6, 6.07) is 0. The van der Waals surface area contributed by atoms with Gasteiger partial charge in [0.15, 0.2) is 12.2 Å². The van der Waals surface area contributed by atoms with Gasteiger partial charge in [-0.3, -0.25) is 4.79 Å². The van der Waals surface area contributed by atoms with Crippen molar-refractivity contribution in [1.82, 2.24) is 0 Å². The largest absolute Gasteiger partial charge is 0.422 e. The fourth-order valence-electron chi connectivity index (χ4n) is 0.206. The minimum absolute atomic E-state index is 0.335. The first-order chi connectivity index (χ1) is 4.31. The Balaban J connectivity index is 3.50. The van der Waals surface area contributed by atoms with Crippen molar-refractivity contribution in [1.29, 1.82) is 0 Å². The molecule has 9 heavy (non-hydrogen) atoms. The van der Waals surface area contributed by atoms with E-state index in [1.807, 2.05) is 0 Å². The molecule has 0 aromatic heterocycles. The molecule has 0 aliphatic heterocycles. The summed E-state index contributed by atoms with van der Waals surface area (Å²) in [6.45, 7) is 0. The van der Waals surface area contributed by atoms with E-state index in [1.54, 1.807) is 0 Å². The zero-order valence-electron chi connectivity index (χ0n) is 4.49. The van der Waals surface area contributed by atoms with E-state index in [0.29, 0.717) is 12.5 Å². The number of carbonyl (C=O) groups is 2. The Morgan fingerprint density at radius 3 is 2.78 bits per heavy atom. The van der Waals surface area contributed by atoms with E-state index >= 15 is 0 Å². The standard InChI is InChI=1S/C5H4O4/c6-2-1-5(8)9-4-3-7/h2,4H,1H2. The van der Waals surface area contributed by atoms with Crippen LogP contribution in [0, 0.1) is 0 Å². The Morgan fingerprint density at radius 2 is 2.33 bits per heavy atom. The predicted molar refractivity (Wildman–Crippen MR) is 27.0 cm³/mol. The van der Waals surface area contributed by atoms with Gasteiger partial charge < -0.3 is 9.53 Å². The number of carbonyl (C=O) groups excluding carboxylic acids is 3. The molecule has 0 radical (unpaired) electrons. The molecule has 0 heterocycles. The number of aldehydes is 1. The van der Waals surface area contributed by atoms with Crippen molar-refractivity contribution >= 4 is 18.2 Å². The summed E-state index contributed by atoms with van der Waals surface area (Å²) in [4.78, 5) is 29.1. The van der Waals surface area contributed by atoms with Gasteiger partial charge in [-0.05, 0) is 0 Å². The molecule has 0 N–H and O–H groups in total. The van der Waals surface area contributed by atoms with E-state index in [-0.39, 0.29) is 6.42 Å². The molecule has 0 fully saturated rings. The Bertz CT molecular complexity index is 154. The predicted octanol–water partition coefficient (Wildman–Crippen LogP) is -0.536. The van der Waals surface area contributed by atoms with Crippen LogP contribution in [0.5, 0.6) is 0 Å². The first-order valence-corrected chi connectivity index (χ1v) is 2.13. The maximum atomic E-state index is 10.1. The third kappa shape index (κ3) is 4.44. The lowest BCUT2D eigenvalue weighted by Gasteiger charge is -1.86. The van der Waals surface area contributed by atoms with Crippen LogP contribution in [0.2, 0.25) is 0 Å². The Morgan fingerprint density at radius 1 is 1.67 bits per heavy atom. The molecule has 0 saturated carbocycles. The number of esters is 1. The lowest BCUT2D eigenvalue weighted by atomic mass is 10.5. The zero-order chi connectivity index (χ0) is 7.11. The summed E-state index contributed by atoms with van der Waals surface area (Å²) in [7, 11) is 0. The van der Waals surface area contributed by atoms with Gasteiger partial charge in [-0.15, -0.1) is 0 Å². The van der Waals surface area contributed by atoms with E-state index in [0.717, 1.165) is 0 Å². The third-order valence-electron chi connectivity index (χ3n) is 0.488. The maximum absolute atomic E-state index is 10.1. The minimum atomic E-state index is -0.756. The number of ether oxygens (including phenoxy) is 1. The van der Waals surface area contributed by atoms with Crippen LogP contribution >= 0.6 is 0 Å². The molecule has 0 aliphatic rings. The highest BCUT2D eigenvalue weighted by molar-refractivity contribution is 5.84. The molecule has 48 valence electrons. The molecule has 0 spiro atoms. The van der Waals surface area contributed by atoms with Gasteiger partial charge in [0.1, 0.15) is 12.7 Å². The summed E-state index contributed by atoms with van der Waals surface area (Å²) in [5.74, 6) is 0.467. The fraction of sp³-hybridized carbons (Fsp3) is 0.200. The van der Waals surface area contributed by atoms with Gasteiger partial charge in [-0.2, -0.15) is 0 Å². The van der Waals surface area contributed by atoms with Crippen LogP contribution in [-0.4, -0.2) is 18.2 Å². The van der Waals surface area contributed by atoms with Gasteiger partial charge in [0.25, 0.3) is 0 Å². The smallest absolute Gasteiger partial charge is 0.318 e. The van der Waals surface area contributed by atoms with Crippen LogP contribution in [0.1, 0.15) is 6.42 Å². The second-order valence-electron chi connectivity index (χ2n) is 1.10. The summed E-state index contributed by atoms with van der Waals surface area (Å²) < 4.78 is 4.01. The molecule has 0 aromatic rings. The van der Waals surface area contributed by atoms with Crippen LogP contribution in [-0.2, 0) is 19.1 Å². The van der Waals surface area contributed by atoms with Crippen LogP contribution in [0.25, 0.3) is 0 Å². The summed E-state index contributed by atoms with van der Waals surface area (Å²) in [5, 5.41) is 0. The van der Waals surface area contributed by atoms with Gasteiger partial charge in [-0.25, -0.2) is 4.79 Å². The Kier molecular flexibility index (Phi) is 4.00. The number of hydrogen-bond acceptors (Lipinski definition) is 4. The van der Waals surface area contributed by atoms with E-state index in [4.69, 9.17) is 0 Å². The first-order valence-electron chi connectivity index (χ1n) is 2.13. The van der Waals surface area contributed by atoms with Crippen LogP contribution in [0.4, 0.5) is 0 Å². The Labute approximate surface area is 51.1 Å². The van der Waals surface area contributed by atoms with Crippen molar-refractivity contribution in [3.63, 3.8) is 0 Å². The van der Waals surface area contributed by atoms with Gasteiger partial charge in [0.05, 0.1) is 0 Å². The van der Waals surface area contributed by atoms with Crippen molar-refractivity contribution in [3.8, 4) is 0 Å². The minimum Gasteiger partial charge on any atom is -0.422 e. The molecule has 0 amide bonds.